The Morgan fingerprint density at radius 3 is 2.62 bits per heavy atom. The van der Waals surface area contributed by atoms with Crippen LogP contribution in [0.15, 0.2) is 42.7 Å². The molecule has 1 heterocycles. The number of esters is 2. The molecule has 0 aliphatic rings. The number of para-hydroxylation sites is 1. The number of rotatable bonds is 5. The predicted molar refractivity (Wildman–Crippen MR) is 75.1 cm³/mol. The number of benzene rings is 1. The molecule has 0 radical (unpaired) electrons. The first-order valence-corrected chi connectivity index (χ1v) is 6.53. The molecule has 0 fully saturated rings. The Hall–Kier alpha value is -2.63. The predicted octanol–water partition coefficient (Wildman–Crippen LogP) is 1.98. The van der Waals surface area contributed by atoms with Gasteiger partial charge < -0.3 is 9.47 Å². The monoisotopic (exact) mass is 288 g/mol. The van der Waals surface area contributed by atoms with Crippen LogP contribution in [0.3, 0.4) is 0 Å². The van der Waals surface area contributed by atoms with Crippen molar-refractivity contribution in [2.45, 2.75) is 20.0 Å². The highest BCUT2D eigenvalue weighted by atomic mass is 16.6. The first-order chi connectivity index (χ1) is 10.1. The summed E-state index contributed by atoms with van der Waals surface area (Å²) >= 11 is 0. The third kappa shape index (κ3) is 4.17. The summed E-state index contributed by atoms with van der Waals surface area (Å²) in [6, 6.07) is 9.36. The highest BCUT2D eigenvalue weighted by Crippen LogP contribution is 2.08. The van der Waals surface area contributed by atoms with Crippen molar-refractivity contribution in [1.82, 2.24) is 9.78 Å². The molecule has 0 N–H and O–H groups in total. The second-order valence-corrected chi connectivity index (χ2v) is 4.62. The molecular formula is C15H16N2O4. The summed E-state index contributed by atoms with van der Waals surface area (Å²) in [6.45, 7) is 3.04. The Labute approximate surface area is 122 Å². The zero-order valence-corrected chi connectivity index (χ0v) is 11.9. The lowest BCUT2D eigenvalue weighted by molar-refractivity contribution is -0.150. The molecule has 0 amide bonds. The largest absolute Gasteiger partial charge is 0.460 e. The second kappa shape index (κ2) is 6.69. The Morgan fingerprint density at radius 1 is 1.24 bits per heavy atom. The zero-order chi connectivity index (χ0) is 15.2. The van der Waals surface area contributed by atoms with Crippen molar-refractivity contribution in [1.29, 1.82) is 0 Å². The van der Waals surface area contributed by atoms with Crippen LogP contribution in [0.1, 0.15) is 24.2 Å². The van der Waals surface area contributed by atoms with Crippen molar-refractivity contribution in [3.05, 3.63) is 48.3 Å². The van der Waals surface area contributed by atoms with Crippen LogP contribution in [0.4, 0.5) is 0 Å². The summed E-state index contributed by atoms with van der Waals surface area (Å²) in [7, 11) is 0. The second-order valence-electron chi connectivity index (χ2n) is 4.62. The fourth-order valence-electron chi connectivity index (χ4n) is 1.65. The first-order valence-electron chi connectivity index (χ1n) is 6.53. The van der Waals surface area contributed by atoms with Crippen molar-refractivity contribution in [3.8, 4) is 5.69 Å². The minimum Gasteiger partial charge on any atom is -0.460 e. The molecule has 0 atom stereocenters. The summed E-state index contributed by atoms with van der Waals surface area (Å²) in [6.07, 6.45) is 2.70. The molecule has 1 aromatic heterocycles. The van der Waals surface area contributed by atoms with Gasteiger partial charge in [0.05, 0.1) is 23.6 Å². The molecule has 0 aliphatic carbocycles. The molecule has 2 rings (SSSR count). The first kappa shape index (κ1) is 14.8. The van der Waals surface area contributed by atoms with Gasteiger partial charge in [0.1, 0.15) is 0 Å². The van der Waals surface area contributed by atoms with E-state index in [2.05, 4.69) is 5.10 Å². The van der Waals surface area contributed by atoms with E-state index in [1.54, 1.807) is 24.7 Å². The maximum Gasteiger partial charge on any atom is 0.344 e. The van der Waals surface area contributed by atoms with Crippen molar-refractivity contribution in [3.63, 3.8) is 0 Å². The van der Waals surface area contributed by atoms with Crippen LogP contribution >= 0.6 is 0 Å². The topological polar surface area (TPSA) is 70.4 Å². The molecule has 0 saturated heterocycles. The third-order valence-electron chi connectivity index (χ3n) is 2.53. The van der Waals surface area contributed by atoms with E-state index in [0.29, 0.717) is 0 Å². The van der Waals surface area contributed by atoms with Crippen LogP contribution in [0.2, 0.25) is 0 Å². The molecule has 6 heteroatoms. The Bertz CT molecular complexity index is 620. The van der Waals surface area contributed by atoms with Gasteiger partial charge >= 0.3 is 11.9 Å². The van der Waals surface area contributed by atoms with Crippen LogP contribution < -0.4 is 0 Å². The number of carbonyl (C=O) groups is 2. The molecule has 0 unspecified atom stereocenters. The molecule has 21 heavy (non-hydrogen) atoms. The number of carbonyl (C=O) groups excluding carboxylic acids is 2. The quantitative estimate of drug-likeness (QED) is 0.787. The molecule has 0 aliphatic heterocycles. The van der Waals surface area contributed by atoms with Gasteiger partial charge in [-0.05, 0) is 26.0 Å². The zero-order valence-electron chi connectivity index (χ0n) is 11.9. The fraction of sp³-hybridized carbons (Fsp3) is 0.267. The third-order valence-corrected chi connectivity index (χ3v) is 2.53. The maximum atomic E-state index is 11.8. The average molecular weight is 288 g/mol. The number of aromatic nitrogens is 2. The molecule has 6 nitrogen and oxygen atoms in total. The standard InChI is InChI=1S/C15H16N2O4/c1-11(2)21-14(18)10-20-15(19)12-8-16-17(9-12)13-6-4-3-5-7-13/h3-9,11H,10H2,1-2H3. The van der Waals surface area contributed by atoms with Gasteiger partial charge in [-0.3, -0.25) is 0 Å². The average Bonchev–Trinajstić information content (AvgIpc) is 2.95. The lowest BCUT2D eigenvalue weighted by Gasteiger charge is -2.07. The number of ether oxygens (including phenoxy) is 2. The van der Waals surface area contributed by atoms with Crippen LogP contribution in [-0.4, -0.2) is 34.4 Å². The summed E-state index contributed by atoms with van der Waals surface area (Å²) < 4.78 is 11.3. The van der Waals surface area contributed by atoms with Gasteiger partial charge in [-0.25, -0.2) is 14.3 Å². The lowest BCUT2D eigenvalue weighted by Crippen LogP contribution is -2.19. The van der Waals surface area contributed by atoms with E-state index >= 15 is 0 Å². The summed E-state index contributed by atoms with van der Waals surface area (Å²) in [4.78, 5) is 23.1. The smallest absolute Gasteiger partial charge is 0.344 e. The molecule has 1 aromatic carbocycles. The summed E-state index contributed by atoms with van der Waals surface area (Å²) in [5.41, 5.74) is 1.10. The van der Waals surface area contributed by atoms with E-state index in [4.69, 9.17) is 9.47 Å². The molecule has 110 valence electrons. The SMILES string of the molecule is CC(C)OC(=O)COC(=O)c1cnn(-c2ccccc2)c1. The molecule has 0 saturated carbocycles. The Kier molecular flexibility index (Phi) is 4.71. The molecule has 0 bridgehead atoms. The number of nitrogens with zero attached hydrogens (tertiary/aromatic N) is 2. The van der Waals surface area contributed by atoms with E-state index in [1.165, 1.54) is 6.20 Å². The highest BCUT2D eigenvalue weighted by Gasteiger charge is 2.14. The van der Waals surface area contributed by atoms with E-state index in [9.17, 15) is 9.59 Å². The summed E-state index contributed by atoms with van der Waals surface area (Å²) in [5, 5.41) is 4.08. The summed E-state index contributed by atoms with van der Waals surface area (Å²) in [5.74, 6) is -1.19. The molecule has 2 aromatic rings. The van der Waals surface area contributed by atoms with Gasteiger partial charge in [-0.2, -0.15) is 5.10 Å². The van der Waals surface area contributed by atoms with Crippen molar-refractivity contribution >= 4 is 11.9 Å². The molecular weight excluding hydrogens is 272 g/mol. The molecule has 0 spiro atoms. The maximum absolute atomic E-state index is 11.8. The Balaban J connectivity index is 1.95. The van der Waals surface area contributed by atoms with Crippen LogP contribution in [0.25, 0.3) is 5.69 Å². The normalized spacial score (nSPS) is 10.4. The van der Waals surface area contributed by atoms with E-state index in [0.717, 1.165) is 5.69 Å². The fourth-order valence-corrected chi connectivity index (χ4v) is 1.65. The minimum atomic E-state index is -0.613. The van der Waals surface area contributed by atoms with Crippen molar-refractivity contribution in [2.24, 2.45) is 0 Å². The highest BCUT2D eigenvalue weighted by molar-refractivity contribution is 5.90. The van der Waals surface area contributed by atoms with Gasteiger partial charge in [0.15, 0.2) is 6.61 Å². The minimum absolute atomic E-state index is 0.239. The van der Waals surface area contributed by atoms with Gasteiger partial charge in [-0.15, -0.1) is 0 Å². The lowest BCUT2D eigenvalue weighted by atomic mass is 10.3. The van der Waals surface area contributed by atoms with E-state index in [1.807, 2.05) is 30.3 Å². The van der Waals surface area contributed by atoms with Gasteiger partial charge in [0.25, 0.3) is 0 Å². The van der Waals surface area contributed by atoms with Crippen LogP contribution in [-0.2, 0) is 14.3 Å². The van der Waals surface area contributed by atoms with Crippen molar-refractivity contribution < 1.29 is 19.1 Å². The Morgan fingerprint density at radius 2 is 1.95 bits per heavy atom. The number of hydrogen-bond acceptors (Lipinski definition) is 5. The van der Waals surface area contributed by atoms with Gasteiger partial charge in [-0.1, -0.05) is 18.2 Å². The van der Waals surface area contributed by atoms with E-state index in [-0.39, 0.29) is 11.7 Å². The number of hydrogen-bond donors (Lipinski definition) is 0. The van der Waals surface area contributed by atoms with Crippen molar-refractivity contribution in [2.75, 3.05) is 6.61 Å². The van der Waals surface area contributed by atoms with Gasteiger partial charge in [0, 0.05) is 6.20 Å². The van der Waals surface area contributed by atoms with Crippen LogP contribution in [0.5, 0.6) is 0 Å². The van der Waals surface area contributed by atoms with E-state index < -0.39 is 18.5 Å². The van der Waals surface area contributed by atoms with Gasteiger partial charge in [0.2, 0.25) is 0 Å². The van der Waals surface area contributed by atoms with Crippen LogP contribution in [0, 0.1) is 0 Å².